The van der Waals surface area contributed by atoms with E-state index in [-0.39, 0.29) is 31.6 Å². The van der Waals surface area contributed by atoms with E-state index in [0.717, 1.165) is 0 Å². The maximum Gasteiger partial charge on any atom is 0.416 e. The summed E-state index contributed by atoms with van der Waals surface area (Å²) in [7, 11) is 0. The molecule has 0 atom stereocenters. The standard InChI is InChI=1S/C11H11F6NO.ClH/c12-10(13,14)7-4-8(11(15,16)17)6-9(5-7)19-3-1-2-18;/h4-6H,1-3,18H2;1H. The Labute approximate surface area is 117 Å². The number of benzene rings is 1. The van der Waals surface area contributed by atoms with Crippen molar-refractivity contribution in [1.29, 1.82) is 0 Å². The summed E-state index contributed by atoms with van der Waals surface area (Å²) in [6, 6.07) is 1.12. The molecular weight excluding hydrogens is 312 g/mol. The highest BCUT2D eigenvalue weighted by Crippen LogP contribution is 2.38. The lowest BCUT2D eigenvalue weighted by Gasteiger charge is -2.14. The summed E-state index contributed by atoms with van der Waals surface area (Å²) in [6.45, 7) is 0.181. The molecule has 1 rings (SSSR count). The maximum atomic E-state index is 12.5. The van der Waals surface area contributed by atoms with Gasteiger partial charge in [-0.3, -0.25) is 0 Å². The molecular formula is C11H12ClF6NO. The minimum atomic E-state index is -4.87. The number of alkyl halides is 6. The highest BCUT2D eigenvalue weighted by atomic mass is 35.5. The third-order valence-corrected chi connectivity index (χ3v) is 2.18. The second-order valence-corrected chi connectivity index (χ2v) is 3.73. The zero-order valence-electron chi connectivity index (χ0n) is 10.0. The van der Waals surface area contributed by atoms with Crippen molar-refractivity contribution in [2.45, 2.75) is 18.8 Å². The molecule has 0 amide bonds. The molecule has 0 aromatic heterocycles. The molecule has 0 saturated carbocycles. The minimum absolute atomic E-state index is 0. The van der Waals surface area contributed by atoms with E-state index >= 15 is 0 Å². The third-order valence-electron chi connectivity index (χ3n) is 2.18. The zero-order valence-corrected chi connectivity index (χ0v) is 10.8. The van der Waals surface area contributed by atoms with Gasteiger partial charge < -0.3 is 10.5 Å². The zero-order chi connectivity index (χ0) is 14.7. The molecule has 116 valence electrons. The summed E-state index contributed by atoms with van der Waals surface area (Å²) in [5, 5.41) is 0. The SMILES string of the molecule is Cl.NCCCOc1cc(C(F)(F)F)cc(C(F)(F)F)c1. The summed E-state index contributed by atoms with van der Waals surface area (Å²) in [4.78, 5) is 0. The van der Waals surface area contributed by atoms with Gasteiger partial charge in [0.05, 0.1) is 17.7 Å². The van der Waals surface area contributed by atoms with Crippen LogP contribution in [0.1, 0.15) is 17.5 Å². The second-order valence-electron chi connectivity index (χ2n) is 3.73. The number of hydrogen-bond acceptors (Lipinski definition) is 2. The van der Waals surface area contributed by atoms with Crippen LogP contribution in [0.3, 0.4) is 0 Å². The summed E-state index contributed by atoms with van der Waals surface area (Å²) in [5.41, 5.74) is 2.35. The molecule has 0 spiro atoms. The van der Waals surface area contributed by atoms with Gasteiger partial charge in [0.25, 0.3) is 0 Å². The van der Waals surface area contributed by atoms with Gasteiger partial charge in [-0.1, -0.05) is 0 Å². The van der Waals surface area contributed by atoms with Crippen molar-refractivity contribution in [1.82, 2.24) is 0 Å². The molecule has 2 nitrogen and oxygen atoms in total. The van der Waals surface area contributed by atoms with Gasteiger partial charge >= 0.3 is 12.4 Å². The molecule has 0 bridgehead atoms. The first-order valence-electron chi connectivity index (χ1n) is 5.27. The van der Waals surface area contributed by atoms with Crippen LogP contribution in [-0.4, -0.2) is 13.2 Å². The van der Waals surface area contributed by atoms with Crippen molar-refractivity contribution in [3.05, 3.63) is 29.3 Å². The average molecular weight is 324 g/mol. The molecule has 0 aliphatic heterocycles. The molecule has 0 radical (unpaired) electrons. The average Bonchev–Trinajstić information content (AvgIpc) is 2.27. The molecule has 9 heteroatoms. The topological polar surface area (TPSA) is 35.2 Å². The van der Waals surface area contributed by atoms with Gasteiger partial charge in [0.1, 0.15) is 5.75 Å². The van der Waals surface area contributed by atoms with Gasteiger partial charge in [0.2, 0.25) is 0 Å². The normalized spacial score (nSPS) is 11.9. The van der Waals surface area contributed by atoms with Crippen molar-refractivity contribution in [3.8, 4) is 5.75 Å². The first kappa shape index (κ1) is 18.9. The fraction of sp³-hybridized carbons (Fsp3) is 0.455. The van der Waals surface area contributed by atoms with Crippen LogP contribution < -0.4 is 10.5 Å². The van der Waals surface area contributed by atoms with E-state index in [4.69, 9.17) is 10.5 Å². The Balaban J connectivity index is 0.00000361. The van der Waals surface area contributed by atoms with E-state index in [0.29, 0.717) is 18.6 Å². The lowest BCUT2D eigenvalue weighted by atomic mass is 10.1. The predicted molar refractivity (Wildman–Crippen MR) is 62.9 cm³/mol. The Hall–Kier alpha value is -1.15. The molecule has 20 heavy (non-hydrogen) atoms. The second kappa shape index (κ2) is 7.03. The number of halogens is 7. The highest BCUT2D eigenvalue weighted by Gasteiger charge is 2.37. The Morgan fingerprint density at radius 3 is 1.70 bits per heavy atom. The van der Waals surface area contributed by atoms with Crippen LogP contribution in [0.5, 0.6) is 5.75 Å². The lowest BCUT2D eigenvalue weighted by Crippen LogP contribution is -2.12. The summed E-state index contributed by atoms with van der Waals surface area (Å²) in [5.74, 6) is -0.476. The Morgan fingerprint density at radius 1 is 0.900 bits per heavy atom. The number of hydrogen-bond donors (Lipinski definition) is 1. The van der Waals surface area contributed by atoms with Crippen LogP contribution in [0.4, 0.5) is 26.3 Å². The van der Waals surface area contributed by atoms with E-state index in [1.807, 2.05) is 0 Å². The largest absolute Gasteiger partial charge is 0.494 e. The van der Waals surface area contributed by atoms with Gasteiger partial charge in [-0.25, -0.2) is 0 Å². The van der Waals surface area contributed by atoms with Crippen molar-refractivity contribution in [2.24, 2.45) is 5.73 Å². The van der Waals surface area contributed by atoms with Crippen LogP contribution in [0.25, 0.3) is 0 Å². The summed E-state index contributed by atoms with van der Waals surface area (Å²) < 4.78 is 79.7. The van der Waals surface area contributed by atoms with E-state index in [2.05, 4.69) is 0 Å². The predicted octanol–water partition coefficient (Wildman–Crippen LogP) is 3.87. The van der Waals surface area contributed by atoms with Crippen LogP contribution in [0, 0.1) is 0 Å². The monoisotopic (exact) mass is 323 g/mol. The third kappa shape index (κ3) is 5.46. The van der Waals surface area contributed by atoms with Gasteiger partial charge in [-0.05, 0) is 31.2 Å². The van der Waals surface area contributed by atoms with Crippen LogP contribution in [-0.2, 0) is 12.4 Å². The van der Waals surface area contributed by atoms with Crippen molar-refractivity contribution in [3.63, 3.8) is 0 Å². The quantitative estimate of drug-likeness (QED) is 0.674. The Morgan fingerprint density at radius 2 is 1.35 bits per heavy atom. The number of nitrogens with two attached hydrogens (primary N) is 1. The molecule has 0 aliphatic rings. The molecule has 1 aromatic carbocycles. The fourth-order valence-electron chi connectivity index (χ4n) is 1.28. The van der Waals surface area contributed by atoms with Crippen molar-refractivity contribution >= 4 is 12.4 Å². The summed E-state index contributed by atoms with van der Waals surface area (Å²) in [6.07, 6.45) is -9.40. The minimum Gasteiger partial charge on any atom is -0.494 e. The molecule has 0 fully saturated rings. The Kier molecular flexibility index (Phi) is 6.63. The van der Waals surface area contributed by atoms with Gasteiger partial charge in [-0.15, -0.1) is 12.4 Å². The van der Waals surface area contributed by atoms with Crippen molar-refractivity contribution in [2.75, 3.05) is 13.2 Å². The smallest absolute Gasteiger partial charge is 0.416 e. The lowest BCUT2D eigenvalue weighted by molar-refractivity contribution is -0.143. The molecule has 0 saturated heterocycles. The van der Waals surface area contributed by atoms with E-state index < -0.39 is 29.2 Å². The maximum absolute atomic E-state index is 12.5. The first-order valence-corrected chi connectivity index (χ1v) is 5.27. The highest BCUT2D eigenvalue weighted by molar-refractivity contribution is 5.85. The van der Waals surface area contributed by atoms with E-state index in [9.17, 15) is 26.3 Å². The molecule has 0 aliphatic carbocycles. The van der Waals surface area contributed by atoms with Crippen LogP contribution >= 0.6 is 12.4 Å². The van der Waals surface area contributed by atoms with Gasteiger partial charge in [0.15, 0.2) is 0 Å². The molecule has 0 heterocycles. The van der Waals surface area contributed by atoms with E-state index in [1.54, 1.807) is 0 Å². The number of rotatable bonds is 4. The Bertz CT molecular complexity index is 400. The first-order chi connectivity index (χ1) is 8.64. The molecule has 2 N–H and O–H groups in total. The van der Waals surface area contributed by atoms with Crippen molar-refractivity contribution < 1.29 is 31.1 Å². The number of ether oxygens (including phenoxy) is 1. The van der Waals surface area contributed by atoms with Crippen LogP contribution in [0.2, 0.25) is 0 Å². The molecule has 0 unspecified atom stereocenters. The summed E-state index contributed by atoms with van der Waals surface area (Å²) >= 11 is 0. The molecule has 1 aromatic rings. The van der Waals surface area contributed by atoms with E-state index in [1.165, 1.54) is 0 Å². The van der Waals surface area contributed by atoms with Gasteiger partial charge in [-0.2, -0.15) is 26.3 Å². The van der Waals surface area contributed by atoms with Crippen LogP contribution in [0.15, 0.2) is 18.2 Å². The fourth-order valence-corrected chi connectivity index (χ4v) is 1.28. The van der Waals surface area contributed by atoms with Gasteiger partial charge in [0, 0.05) is 0 Å².